The molecule has 0 atom stereocenters. The molecule has 5 nitrogen and oxygen atoms in total. The van der Waals surface area contributed by atoms with Gasteiger partial charge in [0.15, 0.2) is 0 Å². The van der Waals surface area contributed by atoms with E-state index < -0.39 is 36.9 Å². The van der Waals surface area contributed by atoms with Crippen LogP contribution in [0.1, 0.15) is 11.1 Å². The van der Waals surface area contributed by atoms with E-state index in [0.29, 0.717) is 0 Å². The van der Waals surface area contributed by atoms with Crippen molar-refractivity contribution in [3.8, 4) is 11.6 Å². The number of hydrogen-bond donors (Lipinski definition) is 1. The van der Waals surface area contributed by atoms with Gasteiger partial charge in [-0.05, 0) is 0 Å². The van der Waals surface area contributed by atoms with Crippen LogP contribution in [-0.2, 0) is 17.9 Å². The highest BCUT2D eigenvalue weighted by Gasteiger charge is 2.34. The Morgan fingerprint density at radius 3 is 2.53 bits per heavy atom. The molecule has 0 radical (unpaired) electrons. The summed E-state index contributed by atoms with van der Waals surface area (Å²) in [6.07, 6.45) is -5.08. The Labute approximate surface area is 104 Å². The normalized spacial score (nSPS) is 11.2. The Morgan fingerprint density at radius 2 is 2.11 bits per heavy atom. The average molecular weight is 283 g/mol. The molecule has 1 heterocycles. The smallest absolute Gasteiger partial charge is 0.496 e. The van der Waals surface area contributed by atoms with E-state index in [4.69, 9.17) is 9.84 Å². The van der Waals surface area contributed by atoms with Crippen LogP contribution in [0, 0.1) is 0 Å². The van der Waals surface area contributed by atoms with Crippen LogP contribution in [0.5, 0.6) is 11.6 Å². The zero-order chi connectivity index (χ0) is 14.6. The fourth-order valence-electron chi connectivity index (χ4n) is 1.42. The van der Waals surface area contributed by atoms with E-state index in [1.807, 2.05) is 0 Å². The number of halogens is 4. The Balaban J connectivity index is 3.33. The molecule has 0 aromatic carbocycles. The number of nitrogens with zero attached hydrogens (tertiary/aromatic N) is 1. The zero-order valence-corrected chi connectivity index (χ0v) is 9.62. The largest absolute Gasteiger partial charge is 0.574 e. The summed E-state index contributed by atoms with van der Waals surface area (Å²) in [5.74, 6) is -2.72. The Hall–Kier alpha value is -2.06. The minimum Gasteiger partial charge on any atom is -0.496 e. The van der Waals surface area contributed by atoms with Crippen molar-refractivity contribution in [2.75, 3.05) is 7.11 Å². The van der Waals surface area contributed by atoms with Crippen LogP contribution in [0.4, 0.5) is 17.6 Å². The van der Waals surface area contributed by atoms with E-state index in [-0.39, 0.29) is 11.3 Å². The van der Waals surface area contributed by atoms with Crippen molar-refractivity contribution in [2.45, 2.75) is 19.5 Å². The third-order valence-corrected chi connectivity index (χ3v) is 2.05. The lowest BCUT2D eigenvalue weighted by Crippen LogP contribution is -2.20. The summed E-state index contributed by atoms with van der Waals surface area (Å²) in [7, 11) is 1.08. The number of carbonyl (C=O) groups is 1. The van der Waals surface area contributed by atoms with E-state index >= 15 is 0 Å². The van der Waals surface area contributed by atoms with Crippen LogP contribution >= 0.6 is 0 Å². The van der Waals surface area contributed by atoms with Crippen LogP contribution < -0.4 is 9.47 Å². The summed E-state index contributed by atoms with van der Waals surface area (Å²) in [5, 5.41) is 8.66. The first kappa shape index (κ1) is 15.0. The van der Waals surface area contributed by atoms with Gasteiger partial charge in [0, 0.05) is 11.8 Å². The number of aliphatic carboxylic acids is 1. The number of ether oxygens (including phenoxy) is 2. The first-order valence-corrected chi connectivity index (χ1v) is 4.86. The highest BCUT2D eigenvalue weighted by molar-refractivity contribution is 5.72. The molecule has 1 aromatic rings. The van der Waals surface area contributed by atoms with Crippen LogP contribution in [0.2, 0.25) is 0 Å². The molecule has 0 bridgehead atoms. The molecule has 0 aliphatic carbocycles. The quantitative estimate of drug-likeness (QED) is 0.838. The van der Waals surface area contributed by atoms with Crippen molar-refractivity contribution in [1.82, 2.24) is 4.98 Å². The molecule has 0 saturated heterocycles. The summed E-state index contributed by atoms with van der Waals surface area (Å²) in [5.41, 5.74) is -0.629. The van der Waals surface area contributed by atoms with Crippen LogP contribution in [0.25, 0.3) is 0 Å². The highest BCUT2D eigenvalue weighted by atomic mass is 19.4. The number of carboxylic acid groups (broad SMARTS) is 1. The molecule has 0 amide bonds. The monoisotopic (exact) mass is 283 g/mol. The third kappa shape index (κ3) is 3.97. The van der Waals surface area contributed by atoms with E-state index in [0.717, 1.165) is 13.3 Å². The topological polar surface area (TPSA) is 68.7 Å². The number of rotatable bonds is 5. The van der Waals surface area contributed by atoms with Crippen molar-refractivity contribution in [3.63, 3.8) is 0 Å². The fourth-order valence-corrected chi connectivity index (χ4v) is 1.42. The molecule has 106 valence electrons. The van der Waals surface area contributed by atoms with Gasteiger partial charge in [-0.1, -0.05) is 0 Å². The molecule has 0 aliphatic rings. The van der Waals surface area contributed by atoms with Crippen molar-refractivity contribution in [1.29, 1.82) is 0 Å². The van der Waals surface area contributed by atoms with Crippen LogP contribution in [0.3, 0.4) is 0 Å². The number of hydrogen-bond acceptors (Lipinski definition) is 4. The van der Waals surface area contributed by atoms with E-state index in [1.54, 1.807) is 0 Å². The molecule has 0 aliphatic heterocycles. The number of methoxy groups -OCH3 is 1. The average Bonchev–Trinajstić information content (AvgIpc) is 2.28. The van der Waals surface area contributed by atoms with Crippen molar-refractivity contribution < 1.29 is 36.9 Å². The molecule has 1 N–H and O–H groups in total. The molecular formula is C10H9F4NO4. The SMILES string of the molecule is COc1c(CF)cnc(OC(F)(F)F)c1CC(=O)O. The second kappa shape index (κ2) is 5.72. The fraction of sp³-hybridized carbons (Fsp3) is 0.400. The molecule has 9 heteroatoms. The standard InChI is InChI=1S/C10H9F4NO4/c1-18-8-5(3-11)4-15-9(19-10(12,13)14)6(8)2-7(16)17/h4H,2-3H2,1H3,(H,16,17). The van der Waals surface area contributed by atoms with E-state index in [9.17, 15) is 22.4 Å². The van der Waals surface area contributed by atoms with Gasteiger partial charge in [0.1, 0.15) is 12.4 Å². The van der Waals surface area contributed by atoms with E-state index in [1.165, 1.54) is 0 Å². The third-order valence-electron chi connectivity index (χ3n) is 2.05. The molecule has 1 rings (SSSR count). The first-order valence-electron chi connectivity index (χ1n) is 4.86. The maximum Gasteiger partial charge on any atom is 0.574 e. The lowest BCUT2D eigenvalue weighted by molar-refractivity contribution is -0.276. The van der Waals surface area contributed by atoms with Gasteiger partial charge in [0.05, 0.1) is 19.1 Å². The van der Waals surface area contributed by atoms with Crippen molar-refractivity contribution in [3.05, 3.63) is 17.3 Å². The van der Waals surface area contributed by atoms with Crippen molar-refractivity contribution in [2.24, 2.45) is 0 Å². The molecule has 1 aromatic heterocycles. The van der Waals surface area contributed by atoms with Gasteiger partial charge in [-0.15, -0.1) is 13.2 Å². The number of alkyl halides is 4. The molecular weight excluding hydrogens is 274 g/mol. The minimum atomic E-state index is -5.04. The maximum absolute atomic E-state index is 12.6. The van der Waals surface area contributed by atoms with Gasteiger partial charge < -0.3 is 14.6 Å². The highest BCUT2D eigenvalue weighted by Crippen LogP contribution is 2.34. The molecule has 19 heavy (non-hydrogen) atoms. The minimum absolute atomic E-state index is 0.159. The van der Waals surface area contributed by atoms with Gasteiger partial charge in [-0.25, -0.2) is 9.37 Å². The van der Waals surface area contributed by atoms with Gasteiger partial charge in [-0.2, -0.15) is 0 Å². The predicted octanol–water partition coefficient (Wildman–Crippen LogP) is 2.09. The lowest BCUT2D eigenvalue weighted by atomic mass is 10.1. The Morgan fingerprint density at radius 1 is 1.47 bits per heavy atom. The Kier molecular flexibility index (Phi) is 4.52. The van der Waals surface area contributed by atoms with Crippen LogP contribution in [-0.4, -0.2) is 29.5 Å². The van der Waals surface area contributed by atoms with Crippen molar-refractivity contribution >= 4 is 5.97 Å². The van der Waals surface area contributed by atoms with Gasteiger partial charge in [0.25, 0.3) is 0 Å². The predicted molar refractivity (Wildman–Crippen MR) is 53.6 cm³/mol. The second-order valence-corrected chi connectivity index (χ2v) is 3.35. The van der Waals surface area contributed by atoms with Gasteiger partial charge in [0.2, 0.25) is 5.88 Å². The number of pyridine rings is 1. The second-order valence-electron chi connectivity index (χ2n) is 3.35. The molecule has 0 unspecified atom stereocenters. The van der Waals surface area contributed by atoms with Crippen LogP contribution in [0.15, 0.2) is 6.20 Å². The Bertz CT molecular complexity index is 475. The number of aromatic nitrogens is 1. The summed E-state index contributed by atoms with van der Waals surface area (Å²) >= 11 is 0. The molecule has 0 spiro atoms. The number of carboxylic acids is 1. The molecule has 0 saturated carbocycles. The zero-order valence-electron chi connectivity index (χ0n) is 9.62. The maximum atomic E-state index is 12.6. The summed E-state index contributed by atoms with van der Waals surface area (Å²) in [6, 6.07) is 0. The first-order chi connectivity index (χ1) is 8.78. The van der Waals surface area contributed by atoms with Gasteiger partial charge in [-0.3, -0.25) is 4.79 Å². The lowest BCUT2D eigenvalue weighted by Gasteiger charge is -2.15. The summed E-state index contributed by atoms with van der Waals surface area (Å²) < 4.78 is 57.4. The van der Waals surface area contributed by atoms with E-state index in [2.05, 4.69) is 9.72 Å². The summed E-state index contributed by atoms with van der Waals surface area (Å²) in [6.45, 7) is -1.06. The molecule has 0 fully saturated rings. The van der Waals surface area contributed by atoms with Gasteiger partial charge >= 0.3 is 12.3 Å². The summed E-state index contributed by atoms with van der Waals surface area (Å²) in [4.78, 5) is 13.9.